The van der Waals surface area contributed by atoms with E-state index in [9.17, 15) is 0 Å². The molecule has 1 N–H and O–H groups in total. The molecule has 0 aliphatic carbocycles. The molecule has 0 fully saturated rings. The van der Waals surface area contributed by atoms with E-state index in [0.29, 0.717) is 18.0 Å². The van der Waals surface area contributed by atoms with Crippen LogP contribution in [0.1, 0.15) is 63.8 Å². The molecule has 0 saturated carbocycles. The Bertz CT molecular complexity index is 726. The second-order valence-electron chi connectivity index (χ2n) is 7.53. The van der Waals surface area contributed by atoms with Crippen molar-refractivity contribution in [2.45, 2.75) is 72.0 Å². The maximum absolute atomic E-state index is 4.85. The standard InChI is InChI=1S/C21H30N4/c1-6-15(4)22-21-23-19(14(2)3)12-20(24-21)25-13-18-10-8-7-9-17(18)11-16(25)5/h7-10,12,14-16H,6,11,13H2,1-5H3,(H,22,23,24)/t15-,16+/m1/s1. The van der Waals surface area contributed by atoms with Crippen molar-refractivity contribution in [3.8, 4) is 0 Å². The normalized spacial score (nSPS) is 18.2. The predicted octanol–water partition coefficient (Wildman–Crippen LogP) is 4.76. The second kappa shape index (κ2) is 7.42. The molecule has 1 aromatic carbocycles. The van der Waals surface area contributed by atoms with Crippen molar-refractivity contribution in [1.29, 1.82) is 0 Å². The van der Waals surface area contributed by atoms with Gasteiger partial charge >= 0.3 is 0 Å². The number of fused-ring (bicyclic) bond motifs is 1. The highest BCUT2D eigenvalue weighted by Crippen LogP contribution is 2.29. The van der Waals surface area contributed by atoms with E-state index in [4.69, 9.17) is 9.97 Å². The van der Waals surface area contributed by atoms with Crippen LogP contribution in [0.15, 0.2) is 30.3 Å². The van der Waals surface area contributed by atoms with Gasteiger partial charge in [0.15, 0.2) is 0 Å². The third-order valence-electron chi connectivity index (χ3n) is 5.11. The quantitative estimate of drug-likeness (QED) is 0.853. The fraction of sp³-hybridized carbons (Fsp3) is 0.524. The molecule has 2 aromatic rings. The summed E-state index contributed by atoms with van der Waals surface area (Å²) in [4.78, 5) is 12.0. The fourth-order valence-corrected chi connectivity index (χ4v) is 3.27. The molecule has 2 heterocycles. The molecular formula is C21H30N4. The minimum atomic E-state index is 0.370. The zero-order valence-corrected chi connectivity index (χ0v) is 16.1. The average molecular weight is 338 g/mol. The average Bonchev–Trinajstić information content (AvgIpc) is 2.60. The first-order chi connectivity index (χ1) is 12.0. The molecule has 0 radical (unpaired) electrons. The molecule has 0 amide bonds. The minimum Gasteiger partial charge on any atom is -0.352 e. The number of aromatic nitrogens is 2. The molecule has 1 aliphatic rings. The fourth-order valence-electron chi connectivity index (χ4n) is 3.27. The zero-order chi connectivity index (χ0) is 18.0. The van der Waals surface area contributed by atoms with Gasteiger partial charge in [-0.3, -0.25) is 0 Å². The molecule has 1 aromatic heterocycles. The van der Waals surface area contributed by atoms with Gasteiger partial charge in [-0.15, -0.1) is 0 Å². The van der Waals surface area contributed by atoms with Crippen molar-refractivity contribution >= 4 is 11.8 Å². The Morgan fingerprint density at radius 2 is 1.88 bits per heavy atom. The van der Waals surface area contributed by atoms with Crippen LogP contribution < -0.4 is 10.2 Å². The molecule has 0 spiro atoms. The van der Waals surface area contributed by atoms with E-state index < -0.39 is 0 Å². The van der Waals surface area contributed by atoms with Crippen LogP contribution in [0.25, 0.3) is 0 Å². The zero-order valence-electron chi connectivity index (χ0n) is 16.1. The molecule has 4 nitrogen and oxygen atoms in total. The number of nitrogens with one attached hydrogen (secondary N) is 1. The summed E-state index contributed by atoms with van der Waals surface area (Å²) >= 11 is 0. The number of benzene rings is 1. The van der Waals surface area contributed by atoms with Crippen molar-refractivity contribution in [1.82, 2.24) is 9.97 Å². The third-order valence-corrected chi connectivity index (χ3v) is 5.11. The Hall–Kier alpha value is -2.10. The first-order valence-electron chi connectivity index (χ1n) is 9.46. The topological polar surface area (TPSA) is 41.1 Å². The lowest BCUT2D eigenvalue weighted by atomic mass is 9.95. The highest BCUT2D eigenvalue weighted by Gasteiger charge is 2.25. The van der Waals surface area contributed by atoms with Crippen molar-refractivity contribution in [3.05, 3.63) is 47.2 Å². The van der Waals surface area contributed by atoms with Crippen LogP contribution in [-0.4, -0.2) is 22.1 Å². The van der Waals surface area contributed by atoms with Gasteiger partial charge in [0.25, 0.3) is 0 Å². The van der Waals surface area contributed by atoms with Crippen LogP contribution >= 0.6 is 0 Å². The summed E-state index contributed by atoms with van der Waals surface area (Å²) in [7, 11) is 0. The van der Waals surface area contributed by atoms with Crippen molar-refractivity contribution in [2.75, 3.05) is 10.2 Å². The van der Waals surface area contributed by atoms with Crippen LogP contribution in [0.2, 0.25) is 0 Å². The van der Waals surface area contributed by atoms with Crippen molar-refractivity contribution < 1.29 is 0 Å². The Morgan fingerprint density at radius 1 is 1.16 bits per heavy atom. The van der Waals surface area contributed by atoms with Gasteiger partial charge in [0.05, 0.1) is 5.69 Å². The van der Waals surface area contributed by atoms with Gasteiger partial charge in [0.2, 0.25) is 5.95 Å². The van der Waals surface area contributed by atoms with Gasteiger partial charge in [-0.1, -0.05) is 45.0 Å². The summed E-state index contributed by atoms with van der Waals surface area (Å²) in [5.74, 6) is 2.17. The molecule has 0 unspecified atom stereocenters. The number of hydrogen-bond donors (Lipinski definition) is 1. The molecule has 134 valence electrons. The van der Waals surface area contributed by atoms with Gasteiger partial charge in [-0.05, 0) is 43.7 Å². The summed E-state index contributed by atoms with van der Waals surface area (Å²) in [6, 6.07) is 11.7. The first kappa shape index (κ1) is 17.7. The smallest absolute Gasteiger partial charge is 0.225 e. The Labute approximate surface area is 151 Å². The Balaban J connectivity index is 1.95. The van der Waals surface area contributed by atoms with Crippen LogP contribution in [0, 0.1) is 0 Å². The van der Waals surface area contributed by atoms with Crippen LogP contribution in [-0.2, 0) is 13.0 Å². The molecule has 25 heavy (non-hydrogen) atoms. The van der Waals surface area contributed by atoms with Crippen molar-refractivity contribution in [3.63, 3.8) is 0 Å². The largest absolute Gasteiger partial charge is 0.352 e. The molecule has 2 atom stereocenters. The summed E-state index contributed by atoms with van der Waals surface area (Å²) in [6.07, 6.45) is 2.11. The number of rotatable bonds is 5. The summed E-state index contributed by atoms with van der Waals surface area (Å²) in [6.45, 7) is 11.9. The van der Waals surface area contributed by atoms with Gasteiger partial charge in [-0.25, -0.2) is 4.98 Å². The molecule has 0 bridgehead atoms. The lowest BCUT2D eigenvalue weighted by molar-refractivity contribution is 0.585. The molecule has 4 heteroatoms. The van der Waals surface area contributed by atoms with Gasteiger partial charge < -0.3 is 10.2 Å². The SMILES string of the molecule is CC[C@@H](C)Nc1nc(C(C)C)cc(N2Cc3ccccc3C[C@@H]2C)n1. The van der Waals surface area contributed by atoms with E-state index in [1.807, 2.05) is 0 Å². The highest BCUT2D eigenvalue weighted by atomic mass is 15.3. The van der Waals surface area contributed by atoms with E-state index in [0.717, 1.165) is 36.8 Å². The molecular weight excluding hydrogens is 308 g/mol. The van der Waals surface area contributed by atoms with E-state index in [-0.39, 0.29) is 0 Å². The number of hydrogen-bond acceptors (Lipinski definition) is 4. The van der Waals surface area contributed by atoms with Crippen LogP contribution in [0.3, 0.4) is 0 Å². The minimum absolute atomic E-state index is 0.370. The van der Waals surface area contributed by atoms with E-state index in [2.05, 4.69) is 75.2 Å². The lowest BCUT2D eigenvalue weighted by Crippen LogP contribution is -2.39. The Morgan fingerprint density at radius 3 is 2.56 bits per heavy atom. The van der Waals surface area contributed by atoms with Gasteiger partial charge in [-0.2, -0.15) is 4.98 Å². The molecule has 1 aliphatic heterocycles. The van der Waals surface area contributed by atoms with E-state index in [1.165, 1.54) is 11.1 Å². The summed E-state index contributed by atoms with van der Waals surface area (Å²) < 4.78 is 0. The van der Waals surface area contributed by atoms with Gasteiger partial charge in [0.1, 0.15) is 5.82 Å². The highest BCUT2D eigenvalue weighted by molar-refractivity contribution is 5.50. The van der Waals surface area contributed by atoms with Crippen molar-refractivity contribution in [2.24, 2.45) is 0 Å². The summed E-state index contributed by atoms with van der Waals surface area (Å²) in [5, 5.41) is 3.45. The van der Waals surface area contributed by atoms with E-state index >= 15 is 0 Å². The van der Waals surface area contributed by atoms with Crippen LogP contribution in [0.4, 0.5) is 11.8 Å². The maximum Gasteiger partial charge on any atom is 0.225 e. The predicted molar refractivity (Wildman–Crippen MR) is 105 cm³/mol. The number of nitrogens with zero attached hydrogens (tertiary/aromatic N) is 3. The first-order valence-corrected chi connectivity index (χ1v) is 9.46. The van der Waals surface area contributed by atoms with Gasteiger partial charge in [0, 0.05) is 24.7 Å². The number of anilines is 2. The second-order valence-corrected chi connectivity index (χ2v) is 7.53. The monoisotopic (exact) mass is 338 g/mol. The maximum atomic E-state index is 4.85. The molecule has 0 saturated heterocycles. The van der Waals surface area contributed by atoms with E-state index in [1.54, 1.807) is 0 Å². The molecule has 3 rings (SSSR count). The third kappa shape index (κ3) is 3.94. The Kier molecular flexibility index (Phi) is 5.26. The lowest BCUT2D eigenvalue weighted by Gasteiger charge is -2.36. The summed E-state index contributed by atoms with van der Waals surface area (Å²) in [5.41, 5.74) is 3.96. The van der Waals surface area contributed by atoms with Crippen LogP contribution in [0.5, 0.6) is 0 Å².